The van der Waals surface area contributed by atoms with E-state index in [9.17, 15) is 0 Å². The summed E-state index contributed by atoms with van der Waals surface area (Å²) < 4.78 is 11.2. The van der Waals surface area contributed by atoms with Gasteiger partial charge in [-0.15, -0.1) is 0 Å². The maximum absolute atomic E-state index is 5.72. The van der Waals surface area contributed by atoms with E-state index in [1.54, 1.807) is 7.11 Å². The fourth-order valence-corrected chi connectivity index (χ4v) is 5.19. The Labute approximate surface area is 74.9 Å². The summed E-state index contributed by atoms with van der Waals surface area (Å²) in [5.74, 6) is 0.889. The average molecular weight is 192 g/mol. The lowest BCUT2D eigenvalue weighted by Gasteiger charge is -2.32. The minimum absolute atomic E-state index is 0.889. The first-order chi connectivity index (χ1) is 5.33. The fourth-order valence-electron chi connectivity index (χ4n) is 1.46. The van der Waals surface area contributed by atoms with Crippen molar-refractivity contribution in [2.75, 3.05) is 19.5 Å². The van der Waals surface area contributed by atoms with Crippen molar-refractivity contribution in [2.45, 2.75) is 24.9 Å². The van der Waals surface area contributed by atoms with Gasteiger partial charge in [0.25, 0.3) is 0 Å². The number of hydrogen-bond donors (Lipinski definition) is 1. The van der Waals surface area contributed by atoms with Crippen LogP contribution in [0.3, 0.4) is 0 Å². The van der Waals surface area contributed by atoms with Gasteiger partial charge in [-0.25, -0.2) is 0 Å². The van der Waals surface area contributed by atoms with Gasteiger partial charge >= 0.3 is 8.56 Å². The second kappa shape index (κ2) is 4.50. The highest BCUT2D eigenvalue weighted by Crippen LogP contribution is 2.26. The van der Waals surface area contributed by atoms with Crippen LogP contribution in [0.15, 0.2) is 0 Å². The lowest BCUT2D eigenvalue weighted by atomic mass is 10.4. The van der Waals surface area contributed by atoms with Gasteiger partial charge in [-0.1, -0.05) is 0 Å². The number of rotatable bonds is 3. The molecule has 1 saturated heterocycles. The third-order valence-electron chi connectivity index (χ3n) is 2.18. The Morgan fingerprint density at radius 1 is 1.55 bits per heavy atom. The van der Waals surface area contributed by atoms with Crippen LogP contribution in [0.25, 0.3) is 0 Å². The van der Waals surface area contributed by atoms with E-state index in [1.165, 1.54) is 12.8 Å². The quantitative estimate of drug-likeness (QED) is 0.543. The highest BCUT2D eigenvalue weighted by Gasteiger charge is 2.37. The monoisotopic (exact) mass is 192 g/mol. The Hall–Kier alpha value is 0.487. The summed E-state index contributed by atoms with van der Waals surface area (Å²) >= 11 is 4.21. The van der Waals surface area contributed by atoms with Gasteiger partial charge in [0.15, 0.2) is 0 Å². The largest absolute Gasteiger partial charge is 0.398 e. The van der Waals surface area contributed by atoms with Gasteiger partial charge in [-0.3, -0.25) is 0 Å². The molecule has 11 heavy (non-hydrogen) atoms. The molecule has 66 valence electrons. The van der Waals surface area contributed by atoms with Crippen LogP contribution in [0.4, 0.5) is 0 Å². The minimum atomic E-state index is -1.73. The topological polar surface area (TPSA) is 18.5 Å². The predicted molar refractivity (Wildman–Crippen MR) is 51.4 cm³/mol. The molecule has 1 rings (SSSR count). The van der Waals surface area contributed by atoms with Crippen LogP contribution in [0, 0.1) is 0 Å². The van der Waals surface area contributed by atoms with E-state index < -0.39 is 8.56 Å². The highest BCUT2D eigenvalue weighted by molar-refractivity contribution is 7.80. The van der Waals surface area contributed by atoms with Crippen LogP contribution in [0.2, 0.25) is 12.1 Å². The van der Waals surface area contributed by atoms with Crippen molar-refractivity contribution in [3.05, 3.63) is 0 Å². The van der Waals surface area contributed by atoms with Gasteiger partial charge in [-0.05, 0) is 30.7 Å². The molecule has 4 heteroatoms. The Kier molecular flexibility index (Phi) is 3.91. The predicted octanol–water partition coefficient (Wildman–Crippen LogP) is 1.82. The van der Waals surface area contributed by atoms with Crippen LogP contribution in [0.1, 0.15) is 12.8 Å². The Morgan fingerprint density at radius 3 is 2.82 bits per heavy atom. The molecule has 0 amide bonds. The molecule has 0 aliphatic carbocycles. The summed E-state index contributed by atoms with van der Waals surface area (Å²) in [4.78, 5) is 0. The first-order valence-electron chi connectivity index (χ1n) is 4.13. The smallest absolute Gasteiger partial charge is 0.338 e. The summed E-state index contributed by atoms with van der Waals surface area (Å²) in [5, 5.41) is 0. The van der Waals surface area contributed by atoms with Crippen LogP contribution < -0.4 is 0 Å². The van der Waals surface area contributed by atoms with Crippen molar-refractivity contribution in [2.24, 2.45) is 0 Å². The highest BCUT2D eigenvalue weighted by atomic mass is 32.1. The van der Waals surface area contributed by atoms with Gasteiger partial charge in [0, 0.05) is 13.7 Å². The molecule has 1 aliphatic rings. The molecule has 0 spiro atoms. The van der Waals surface area contributed by atoms with E-state index >= 15 is 0 Å². The summed E-state index contributed by atoms with van der Waals surface area (Å²) in [6.45, 7) is 0.897. The van der Waals surface area contributed by atoms with E-state index in [1.807, 2.05) is 0 Å². The molecule has 0 N–H and O–H groups in total. The van der Waals surface area contributed by atoms with Crippen molar-refractivity contribution >= 4 is 21.2 Å². The summed E-state index contributed by atoms with van der Waals surface area (Å²) in [7, 11) is 0.0457. The zero-order valence-corrected chi connectivity index (χ0v) is 8.90. The first-order valence-corrected chi connectivity index (χ1v) is 6.99. The molecule has 0 aromatic rings. The Balaban J connectivity index is 2.42. The second-order valence-electron chi connectivity index (χ2n) is 2.89. The van der Waals surface area contributed by atoms with E-state index in [4.69, 9.17) is 8.85 Å². The van der Waals surface area contributed by atoms with Gasteiger partial charge < -0.3 is 8.85 Å². The summed E-state index contributed by atoms with van der Waals surface area (Å²) in [6.07, 6.45) is 2.47. The molecule has 1 aliphatic heterocycles. The fraction of sp³-hybridized carbons (Fsp3) is 1.00. The van der Waals surface area contributed by atoms with Crippen molar-refractivity contribution in [1.82, 2.24) is 0 Å². The molecule has 1 unspecified atom stereocenters. The van der Waals surface area contributed by atoms with E-state index in [0.29, 0.717) is 0 Å². The van der Waals surface area contributed by atoms with Gasteiger partial charge in [0.1, 0.15) is 0 Å². The van der Waals surface area contributed by atoms with Crippen LogP contribution in [0.5, 0.6) is 0 Å². The van der Waals surface area contributed by atoms with Crippen LogP contribution in [-0.4, -0.2) is 28.0 Å². The summed E-state index contributed by atoms with van der Waals surface area (Å²) in [5.41, 5.74) is 0. The van der Waals surface area contributed by atoms with Crippen molar-refractivity contribution in [3.8, 4) is 0 Å². The van der Waals surface area contributed by atoms with Gasteiger partial charge in [-0.2, -0.15) is 12.6 Å². The lowest BCUT2D eigenvalue weighted by molar-refractivity contribution is 0.176. The summed E-state index contributed by atoms with van der Waals surface area (Å²) in [6, 6.07) is 2.19. The van der Waals surface area contributed by atoms with Crippen LogP contribution >= 0.6 is 12.6 Å². The average Bonchev–Trinajstić information content (AvgIpc) is 2.07. The Morgan fingerprint density at radius 2 is 2.36 bits per heavy atom. The van der Waals surface area contributed by atoms with E-state index in [2.05, 4.69) is 12.6 Å². The third-order valence-corrected chi connectivity index (χ3v) is 6.43. The van der Waals surface area contributed by atoms with Gasteiger partial charge in [0.2, 0.25) is 0 Å². The van der Waals surface area contributed by atoms with Crippen LogP contribution in [-0.2, 0) is 8.85 Å². The maximum Gasteiger partial charge on any atom is 0.338 e. The number of thiol groups is 1. The zero-order chi connectivity index (χ0) is 8.16. The minimum Gasteiger partial charge on any atom is -0.398 e. The van der Waals surface area contributed by atoms with Crippen molar-refractivity contribution in [1.29, 1.82) is 0 Å². The Bertz CT molecular complexity index is 109. The van der Waals surface area contributed by atoms with Crippen molar-refractivity contribution in [3.63, 3.8) is 0 Å². The maximum atomic E-state index is 5.72. The zero-order valence-electron chi connectivity index (χ0n) is 7.01. The molecule has 1 atom stereocenters. The van der Waals surface area contributed by atoms with E-state index in [-0.39, 0.29) is 0 Å². The lowest BCUT2D eigenvalue weighted by Crippen LogP contribution is -2.44. The third kappa shape index (κ3) is 2.47. The normalized spacial score (nSPS) is 32.2. The molecule has 0 aromatic carbocycles. The standard InChI is InChI=1S/C7H16O2SSi/c1-8-11(7-5-10)6-3-2-4-9-11/h10H,2-7H2,1H3. The molecule has 0 saturated carbocycles. The first kappa shape index (κ1) is 9.57. The number of hydrogen-bond acceptors (Lipinski definition) is 3. The molecule has 0 aromatic heterocycles. The molecular weight excluding hydrogens is 176 g/mol. The van der Waals surface area contributed by atoms with Crippen molar-refractivity contribution < 1.29 is 8.85 Å². The SMILES string of the molecule is CO[Si]1(CCS)CCCCO1. The molecule has 1 fully saturated rings. The molecule has 2 nitrogen and oxygen atoms in total. The molecule has 1 heterocycles. The molecule has 0 bridgehead atoms. The second-order valence-corrected chi connectivity index (χ2v) is 6.86. The van der Waals surface area contributed by atoms with Gasteiger partial charge in [0.05, 0.1) is 0 Å². The van der Waals surface area contributed by atoms with E-state index in [0.717, 1.165) is 24.4 Å². The molecular formula is C7H16O2SSi. The molecule has 0 radical (unpaired) electrons.